The number of hydrogen-bond acceptors (Lipinski definition) is 5. The molecule has 1 fully saturated rings. The topological polar surface area (TPSA) is 95.2 Å². The van der Waals surface area contributed by atoms with Gasteiger partial charge < -0.3 is 10.2 Å². The first kappa shape index (κ1) is 14.7. The molecular formula is C12H18N4O3S. The lowest BCUT2D eigenvalue weighted by atomic mass is 10.1. The Labute approximate surface area is 120 Å². The number of rotatable bonds is 6. The predicted molar refractivity (Wildman–Crippen MR) is 74.6 cm³/mol. The van der Waals surface area contributed by atoms with Crippen LogP contribution in [0.4, 0.5) is 0 Å². The van der Waals surface area contributed by atoms with Crippen molar-refractivity contribution in [2.45, 2.75) is 38.1 Å². The van der Waals surface area contributed by atoms with Crippen molar-refractivity contribution < 1.29 is 9.59 Å². The number of nitrogens with one attached hydrogen (secondary N) is 2. The van der Waals surface area contributed by atoms with E-state index >= 15 is 0 Å². The van der Waals surface area contributed by atoms with Gasteiger partial charge in [0.05, 0.1) is 0 Å². The van der Waals surface area contributed by atoms with E-state index in [1.807, 2.05) is 6.92 Å². The summed E-state index contributed by atoms with van der Waals surface area (Å²) in [4.78, 5) is 35.6. The van der Waals surface area contributed by atoms with Crippen LogP contribution in [0.2, 0.25) is 0 Å². The Hall–Kier alpha value is -1.70. The van der Waals surface area contributed by atoms with Gasteiger partial charge in [-0.25, -0.2) is 5.10 Å². The second-order valence-electron chi connectivity index (χ2n) is 4.85. The molecule has 8 heteroatoms. The van der Waals surface area contributed by atoms with Crippen molar-refractivity contribution >= 4 is 23.7 Å². The molecule has 0 bridgehead atoms. The van der Waals surface area contributed by atoms with Crippen LogP contribution in [0, 0.1) is 0 Å². The summed E-state index contributed by atoms with van der Waals surface area (Å²) in [5, 5.41) is 9.71. The van der Waals surface area contributed by atoms with E-state index in [0.717, 1.165) is 29.2 Å². The third-order valence-electron chi connectivity index (χ3n) is 3.45. The Bertz CT molecular complexity index is 527. The van der Waals surface area contributed by atoms with Crippen molar-refractivity contribution in [3.8, 4) is 0 Å². The van der Waals surface area contributed by atoms with E-state index in [9.17, 15) is 14.4 Å². The zero-order valence-corrected chi connectivity index (χ0v) is 12.1. The smallest absolute Gasteiger partial charge is 0.322 e. The largest absolute Gasteiger partial charge is 0.347 e. The first-order valence-corrected chi connectivity index (χ1v) is 7.51. The summed E-state index contributed by atoms with van der Waals surface area (Å²) in [6.45, 7) is 3.17. The SMILES string of the molecule is CCCC(NC=O)C(=O)N1CC[C@@H](c2n[nH]c(=O)s2)C1. The number of carbonyl (C=O) groups excluding carboxylic acids is 2. The molecule has 110 valence electrons. The van der Waals surface area contributed by atoms with Gasteiger partial charge in [-0.3, -0.25) is 14.4 Å². The lowest BCUT2D eigenvalue weighted by Crippen LogP contribution is -2.45. The molecule has 20 heavy (non-hydrogen) atoms. The molecule has 2 amide bonds. The standard InChI is InChI=1S/C12H18N4O3S/c1-2-3-9(13-7-17)11(18)16-5-4-8(6-16)10-14-15-12(19)20-10/h7-9H,2-6H2,1H3,(H,13,17)(H,15,19)/t8-,9?/m1/s1. The first-order chi connectivity index (χ1) is 9.65. The molecule has 0 radical (unpaired) electrons. The van der Waals surface area contributed by atoms with Gasteiger partial charge in [-0.1, -0.05) is 24.7 Å². The fraction of sp³-hybridized carbons (Fsp3) is 0.667. The van der Waals surface area contributed by atoms with E-state index in [0.29, 0.717) is 25.9 Å². The molecule has 1 aliphatic heterocycles. The lowest BCUT2D eigenvalue weighted by molar-refractivity contribution is -0.134. The molecule has 1 aromatic heterocycles. The lowest BCUT2D eigenvalue weighted by Gasteiger charge is -2.22. The van der Waals surface area contributed by atoms with Crippen molar-refractivity contribution in [1.29, 1.82) is 0 Å². The third-order valence-corrected chi connectivity index (χ3v) is 4.36. The van der Waals surface area contributed by atoms with Crippen LogP contribution < -0.4 is 10.2 Å². The van der Waals surface area contributed by atoms with Crippen LogP contribution in [0.5, 0.6) is 0 Å². The first-order valence-electron chi connectivity index (χ1n) is 6.69. The van der Waals surface area contributed by atoms with Crippen molar-refractivity contribution in [1.82, 2.24) is 20.4 Å². The number of hydrogen-bond donors (Lipinski definition) is 2. The Morgan fingerprint density at radius 2 is 2.50 bits per heavy atom. The molecule has 1 saturated heterocycles. The molecule has 0 saturated carbocycles. The van der Waals surface area contributed by atoms with Gasteiger partial charge >= 0.3 is 4.87 Å². The maximum absolute atomic E-state index is 12.3. The van der Waals surface area contributed by atoms with Crippen molar-refractivity contribution in [3.05, 3.63) is 14.7 Å². The third kappa shape index (κ3) is 3.24. The van der Waals surface area contributed by atoms with Gasteiger partial charge in [0.1, 0.15) is 11.0 Å². The van der Waals surface area contributed by atoms with Crippen LogP contribution in [0.25, 0.3) is 0 Å². The summed E-state index contributed by atoms with van der Waals surface area (Å²) >= 11 is 1.10. The number of nitrogens with zero attached hydrogens (tertiary/aromatic N) is 2. The minimum Gasteiger partial charge on any atom is -0.347 e. The van der Waals surface area contributed by atoms with Crippen molar-refractivity contribution in [2.24, 2.45) is 0 Å². The molecule has 0 aliphatic carbocycles. The highest BCUT2D eigenvalue weighted by molar-refractivity contribution is 7.08. The fourth-order valence-corrected chi connectivity index (χ4v) is 3.18. The molecule has 0 aromatic carbocycles. The van der Waals surface area contributed by atoms with Crippen LogP contribution in [-0.4, -0.2) is 46.5 Å². The van der Waals surface area contributed by atoms with Crippen LogP contribution in [0.1, 0.15) is 37.1 Å². The Balaban J connectivity index is 1.98. The summed E-state index contributed by atoms with van der Waals surface area (Å²) in [6.07, 6.45) is 2.84. The second kappa shape index (κ2) is 6.65. The van der Waals surface area contributed by atoms with Gasteiger partial charge in [-0.15, -0.1) is 0 Å². The monoisotopic (exact) mass is 298 g/mol. The molecule has 2 heterocycles. The number of H-pyrrole nitrogens is 1. The molecular weight excluding hydrogens is 280 g/mol. The summed E-state index contributed by atoms with van der Waals surface area (Å²) in [6, 6.07) is -0.450. The Morgan fingerprint density at radius 3 is 3.10 bits per heavy atom. The molecule has 7 nitrogen and oxygen atoms in total. The van der Waals surface area contributed by atoms with Crippen LogP contribution in [0.3, 0.4) is 0 Å². The summed E-state index contributed by atoms with van der Waals surface area (Å²) in [7, 11) is 0. The van der Waals surface area contributed by atoms with Crippen molar-refractivity contribution in [3.63, 3.8) is 0 Å². The Morgan fingerprint density at radius 1 is 1.70 bits per heavy atom. The molecule has 1 aromatic rings. The molecule has 1 aliphatic rings. The maximum Gasteiger partial charge on any atom is 0.322 e. The minimum absolute atomic E-state index is 0.0515. The Kier molecular flexibility index (Phi) is 4.89. The molecule has 2 N–H and O–H groups in total. The maximum atomic E-state index is 12.3. The number of aromatic nitrogens is 2. The van der Waals surface area contributed by atoms with E-state index in [2.05, 4.69) is 15.5 Å². The van der Waals surface area contributed by atoms with E-state index in [1.54, 1.807) is 4.90 Å². The molecule has 2 atom stereocenters. The number of aromatic amines is 1. The quantitative estimate of drug-likeness (QED) is 0.726. The van der Waals surface area contributed by atoms with Gasteiger partial charge in [0.15, 0.2) is 0 Å². The van der Waals surface area contributed by atoms with E-state index in [1.165, 1.54) is 0 Å². The fourth-order valence-electron chi connectivity index (χ4n) is 2.45. The minimum atomic E-state index is -0.450. The average Bonchev–Trinajstić information content (AvgIpc) is 3.06. The van der Waals surface area contributed by atoms with Gasteiger partial charge in [-0.05, 0) is 12.8 Å². The van der Waals surface area contributed by atoms with E-state index in [-0.39, 0.29) is 16.7 Å². The zero-order valence-electron chi connectivity index (χ0n) is 11.3. The molecule has 0 spiro atoms. The van der Waals surface area contributed by atoms with Gasteiger partial charge in [0, 0.05) is 19.0 Å². The van der Waals surface area contributed by atoms with Gasteiger partial charge in [0.25, 0.3) is 0 Å². The normalized spacial score (nSPS) is 19.9. The van der Waals surface area contributed by atoms with Crippen LogP contribution in [-0.2, 0) is 9.59 Å². The highest BCUT2D eigenvalue weighted by Crippen LogP contribution is 2.27. The van der Waals surface area contributed by atoms with Crippen molar-refractivity contribution in [2.75, 3.05) is 13.1 Å². The van der Waals surface area contributed by atoms with E-state index in [4.69, 9.17) is 0 Å². The number of carbonyl (C=O) groups is 2. The van der Waals surface area contributed by atoms with Crippen LogP contribution >= 0.6 is 11.3 Å². The molecule has 2 rings (SSSR count). The van der Waals surface area contributed by atoms with Crippen LogP contribution in [0.15, 0.2) is 4.79 Å². The van der Waals surface area contributed by atoms with E-state index < -0.39 is 6.04 Å². The van der Waals surface area contributed by atoms with Gasteiger partial charge in [-0.2, -0.15) is 5.10 Å². The second-order valence-corrected chi connectivity index (χ2v) is 5.84. The predicted octanol–water partition coefficient (Wildman–Crippen LogP) is 0.0620. The number of likely N-dealkylation sites (tertiary alicyclic amines) is 1. The zero-order chi connectivity index (χ0) is 14.5. The highest BCUT2D eigenvalue weighted by Gasteiger charge is 2.32. The number of amides is 2. The molecule has 1 unspecified atom stereocenters. The summed E-state index contributed by atoms with van der Waals surface area (Å²) in [5.74, 6) is 0.0609. The summed E-state index contributed by atoms with van der Waals surface area (Å²) < 4.78 is 0. The highest BCUT2D eigenvalue weighted by atomic mass is 32.1. The average molecular weight is 298 g/mol. The van der Waals surface area contributed by atoms with Gasteiger partial charge in [0.2, 0.25) is 12.3 Å². The summed E-state index contributed by atoms with van der Waals surface area (Å²) in [5.41, 5.74) is 0.